The van der Waals surface area contributed by atoms with Crippen LogP contribution in [0, 0.1) is 0 Å². The Morgan fingerprint density at radius 2 is 1.88 bits per heavy atom. The summed E-state index contributed by atoms with van der Waals surface area (Å²) in [6, 6.07) is 0. The molecule has 0 aromatic rings. The van der Waals surface area contributed by atoms with Gasteiger partial charge in [0.15, 0.2) is 6.17 Å². The fourth-order valence-electron chi connectivity index (χ4n) is 0.178. The lowest BCUT2D eigenvalue weighted by Gasteiger charge is -1.94. The van der Waals surface area contributed by atoms with E-state index in [1.54, 1.807) is 0 Å². The Kier molecular flexibility index (Phi) is 2.24. The zero-order valence-electron chi connectivity index (χ0n) is 4.23. The van der Waals surface area contributed by atoms with Gasteiger partial charge in [-0.3, -0.25) is 0 Å². The lowest BCUT2D eigenvalue weighted by Crippen LogP contribution is -1.96. The molecule has 0 aliphatic heterocycles. The third-order valence-electron chi connectivity index (χ3n) is 0.563. The molecule has 1 atom stereocenters. The van der Waals surface area contributed by atoms with Crippen LogP contribution in [-0.4, -0.2) is 16.4 Å². The zero-order valence-corrected chi connectivity index (χ0v) is 4.23. The molecule has 0 bridgehead atoms. The molecule has 0 heterocycles. The minimum absolute atomic E-state index is 0.863. The summed E-state index contributed by atoms with van der Waals surface area (Å²) in [7, 11) is 0. The molecular formula is C4H6F2O2. The maximum atomic E-state index is 11.7. The van der Waals surface area contributed by atoms with E-state index in [2.05, 4.69) is 0 Å². The molecule has 4 heteroatoms. The van der Waals surface area contributed by atoms with Crippen molar-refractivity contribution < 1.29 is 19.0 Å². The molecule has 0 aliphatic carbocycles. The summed E-state index contributed by atoms with van der Waals surface area (Å²) >= 11 is 0. The number of alkyl halides is 1. The number of allylic oxidation sites excluding steroid dienone is 1. The van der Waals surface area contributed by atoms with Gasteiger partial charge >= 0.3 is 5.95 Å². The molecule has 0 saturated carbocycles. The number of halogens is 2. The van der Waals surface area contributed by atoms with Crippen molar-refractivity contribution in [1.29, 1.82) is 0 Å². The summed E-state index contributed by atoms with van der Waals surface area (Å²) in [6.45, 7) is 0.863. The fraction of sp³-hybridized carbons (Fsp3) is 0.500. The highest BCUT2D eigenvalue weighted by molar-refractivity contribution is 4.95. The van der Waals surface area contributed by atoms with Crippen LogP contribution < -0.4 is 0 Å². The molecule has 2 N–H and O–H groups in total. The van der Waals surface area contributed by atoms with Crippen molar-refractivity contribution in [3.8, 4) is 0 Å². The third-order valence-corrected chi connectivity index (χ3v) is 0.563. The molecule has 0 fully saturated rings. The topological polar surface area (TPSA) is 40.5 Å². The van der Waals surface area contributed by atoms with E-state index in [0.29, 0.717) is 0 Å². The van der Waals surface area contributed by atoms with Gasteiger partial charge in [0, 0.05) is 0 Å². The number of aliphatic hydroxyl groups excluding tert-OH is 1. The van der Waals surface area contributed by atoms with Crippen LogP contribution >= 0.6 is 0 Å². The number of aliphatic hydroxyl groups is 2. The Labute approximate surface area is 45.1 Å². The predicted octanol–water partition coefficient (Wildman–Crippen LogP) is 1.60. The van der Waals surface area contributed by atoms with Gasteiger partial charge < -0.3 is 10.2 Å². The van der Waals surface area contributed by atoms with Gasteiger partial charge in [-0.25, -0.2) is 8.78 Å². The van der Waals surface area contributed by atoms with Crippen molar-refractivity contribution in [3.63, 3.8) is 0 Å². The second-order valence-electron chi connectivity index (χ2n) is 1.29. The minimum atomic E-state index is -1.94. The van der Waals surface area contributed by atoms with Crippen LogP contribution in [0.25, 0.3) is 0 Å². The highest BCUT2D eigenvalue weighted by Crippen LogP contribution is 2.08. The molecule has 0 aromatic heterocycles. The zero-order chi connectivity index (χ0) is 6.73. The largest absolute Gasteiger partial charge is 0.479 e. The molecule has 0 saturated heterocycles. The van der Waals surface area contributed by atoms with Crippen LogP contribution in [0.5, 0.6) is 0 Å². The normalized spacial score (nSPS) is 12.9. The Morgan fingerprint density at radius 3 is 1.88 bits per heavy atom. The van der Waals surface area contributed by atoms with Crippen LogP contribution in [0.4, 0.5) is 8.78 Å². The lowest BCUT2D eigenvalue weighted by atomic mass is 10.4. The first kappa shape index (κ1) is 7.20. The minimum Gasteiger partial charge on any atom is -0.479 e. The van der Waals surface area contributed by atoms with Gasteiger partial charge in [0.2, 0.25) is 5.83 Å². The van der Waals surface area contributed by atoms with Crippen LogP contribution in [0.1, 0.15) is 6.92 Å². The summed E-state index contributed by atoms with van der Waals surface area (Å²) < 4.78 is 23.2. The van der Waals surface area contributed by atoms with Crippen molar-refractivity contribution in [3.05, 3.63) is 11.8 Å². The van der Waals surface area contributed by atoms with E-state index in [1.807, 2.05) is 0 Å². The van der Waals surface area contributed by atoms with Crippen molar-refractivity contribution in [2.75, 3.05) is 0 Å². The molecule has 0 aliphatic rings. The van der Waals surface area contributed by atoms with E-state index in [-0.39, 0.29) is 0 Å². The van der Waals surface area contributed by atoms with E-state index < -0.39 is 17.9 Å². The molecule has 0 spiro atoms. The first-order chi connectivity index (χ1) is 3.55. The number of hydrogen-bond donors (Lipinski definition) is 2. The average Bonchev–Trinajstić information content (AvgIpc) is 1.64. The van der Waals surface area contributed by atoms with Crippen molar-refractivity contribution in [2.45, 2.75) is 13.1 Å². The average molecular weight is 124 g/mol. The maximum absolute atomic E-state index is 11.7. The molecule has 0 radical (unpaired) electrons. The standard InChI is InChI=1S/C4H6F2O2/c1-2(5)3(6)4(7)8/h2,7-8H,1H3. The molecule has 0 aromatic carbocycles. The van der Waals surface area contributed by atoms with E-state index in [4.69, 9.17) is 10.2 Å². The van der Waals surface area contributed by atoms with Crippen LogP contribution in [0.15, 0.2) is 11.8 Å². The summed E-state index contributed by atoms with van der Waals surface area (Å²) in [6.07, 6.45) is -1.94. The second-order valence-corrected chi connectivity index (χ2v) is 1.29. The predicted molar refractivity (Wildman–Crippen MR) is 24.0 cm³/mol. The van der Waals surface area contributed by atoms with Crippen LogP contribution in [-0.2, 0) is 0 Å². The van der Waals surface area contributed by atoms with Gasteiger partial charge in [-0.2, -0.15) is 0 Å². The second kappa shape index (κ2) is 2.49. The Bertz CT molecular complexity index is 105. The first-order valence-corrected chi connectivity index (χ1v) is 1.97. The molecule has 48 valence electrons. The van der Waals surface area contributed by atoms with E-state index in [9.17, 15) is 8.78 Å². The molecular weight excluding hydrogens is 118 g/mol. The van der Waals surface area contributed by atoms with Crippen molar-refractivity contribution >= 4 is 0 Å². The Balaban J connectivity index is 4.00. The highest BCUT2D eigenvalue weighted by Gasteiger charge is 2.10. The first-order valence-electron chi connectivity index (χ1n) is 1.97. The summed E-state index contributed by atoms with van der Waals surface area (Å²) in [5, 5.41) is 15.6. The van der Waals surface area contributed by atoms with Gasteiger partial charge in [0.05, 0.1) is 0 Å². The van der Waals surface area contributed by atoms with Crippen molar-refractivity contribution in [2.24, 2.45) is 0 Å². The maximum Gasteiger partial charge on any atom is 0.310 e. The van der Waals surface area contributed by atoms with Gasteiger partial charge in [-0.05, 0) is 6.92 Å². The molecule has 0 amide bonds. The van der Waals surface area contributed by atoms with Gasteiger partial charge in [0.25, 0.3) is 0 Å². The lowest BCUT2D eigenvalue weighted by molar-refractivity contribution is 0.158. The quantitative estimate of drug-likeness (QED) is 0.521. The van der Waals surface area contributed by atoms with Gasteiger partial charge in [-0.1, -0.05) is 0 Å². The van der Waals surface area contributed by atoms with E-state index in [1.165, 1.54) is 0 Å². The SMILES string of the molecule is CC(F)C(F)=C(O)O. The van der Waals surface area contributed by atoms with Gasteiger partial charge in [0.1, 0.15) is 0 Å². The van der Waals surface area contributed by atoms with Crippen LogP contribution in [0.2, 0.25) is 0 Å². The Morgan fingerprint density at radius 1 is 1.50 bits per heavy atom. The fourth-order valence-corrected chi connectivity index (χ4v) is 0.178. The van der Waals surface area contributed by atoms with Gasteiger partial charge in [-0.15, -0.1) is 0 Å². The molecule has 0 rings (SSSR count). The number of hydrogen-bond acceptors (Lipinski definition) is 2. The van der Waals surface area contributed by atoms with Crippen molar-refractivity contribution in [1.82, 2.24) is 0 Å². The summed E-state index contributed by atoms with van der Waals surface area (Å²) in [5.74, 6) is -3.12. The third kappa shape index (κ3) is 1.77. The van der Waals surface area contributed by atoms with E-state index >= 15 is 0 Å². The monoisotopic (exact) mass is 124 g/mol. The van der Waals surface area contributed by atoms with Crippen LogP contribution in [0.3, 0.4) is 0 Å². The summed E-state index contributed by atoms with van der Waals surface area (Å²) in [5.41, 5.74) is 0. The van der Waals surface area contributed by atoms with E-state index in [0.717, 1.165) is 6.92 Å². The molecule has 8 heavy (non-hydrogen) atoms. The smallest absolute Gasteiger partial charge is 0.310 e. The summed E-state index contributed by atoms with van der Waals surface area (Å²) in [4.78, 5) is 0. The molecule has 1 unspecified atom stereocenters. The molecule has 2 nitrogen and oxygen atoms in total. The highest BCUT2D eigenvalue weighted by atomic mass is 19.2. The number of rotatable bonds is 1. The Hall–Kier alpha value is -0.800.